The van der Waals surface area contributed by atoms with Crippen molar-refractivity contribution >= 4 is 0 Å². The Hall–Kier alpha value is -0.0800. The first-order valence-electron chi connectivity index (χ1n) is 6.69. The maximum Gasteiger partial charge on any atom is 0.0726 e. The van der Waals surface area contributed by atoms with E-state index in [-0.39, 0.29) is 0 Å². The molecule has 15 heavy (non-hydrogen) atoms. The van der Waals surface area contributed by atoms with Crippen molar-refractivity contribution < 1.29 is 4.74 Å². The number of hydrogen-bond acceptors (Lipinski definition) is 2. The van der Waals surface area contributed by atoms with Gasteiger partial charge in [-0.25, -0.2) is 0 Å². The van der Waals surface area contributed by atoms with E-state index in [0.29, 0.717) is 12.1 Å². The highest BCUT2D eigenvalue weighted by atomic mass is 16.5. The van der Waals surface area contributed by atoms with Crippen LogP contribution in [-0.2, 0) is 4.74 Å². The molecule has 1 saturated carbocycles. The minimum absolute atomic E-state index is 0.475. The van der Waals surface area contributed by atoms with Crippen LogP contribution in [0.15, 0.2) is 0 Å². The van der Waals surface area contributed by atoms with E-state index in [1.54, 1.807) is 0 Å². The summed E-state index contributed by atoms with van der Waals surface area (Å²) in [6, 6.07) is 1.30. The predicted molar refractivity (Wildman–Crippen MR) is 63.0 cm³/mol. The average Bonchev–Trinajstić information content (AvgIpc) is 2.87. The molecule has 2 heteroatoms. The van der Waals surface area contributed by atoms with Crippen LogP contribution < -0.4 is 5.32 Å². The molecular formula is C13H25NO. The molecule has 1 saturated heterocycles. The fourth-order valence-electron chi connectivity index (χ4n) is 3.19. The van der Waals surface area contributed by atoms with Gasteiger partial charge in [-0.15, -0.1) is 0 Å². The molecule has 0 aromatic carbocycles. The molecule has 0 amide bonds. The smallest absolute Gasteiger partial charge is 0.0726 e. The van der Waals surface area contributed by atoms with Crippen LogP contribution in [0.1, 0.15) is 52.4 Å². The molecule has 0 spiro atoms. The third kappa shape index (κ3) is 2.73. The Kier molecular flexibility index (Phi) is 4.04. The summed E-state index contributed by atoms with van der Waals surface area (Å²) in [6.07, 6.45) is 8.51. The summed E-state index contributed by atoms with van der Waals surface area (Å²) in [5.41, 5.74) is 0. The molecule has 2 rings (SSSR count). The third-order valence-corrected chi connectivity index (χ3v) is 4.18. The normalized spacial score (nSPS) is 38.4. The quantitative estimate of drug-likeness (QED) is 0.772. The van der Waals surface area contributed by atoms with Crippen LogP contribution in [0.4, 0.5) is 0 Å². The summed E-state index contributed by atoms with van der Waals surface area (Å²) in [4.78, 5) is 0. The highest BCUT2D eigenvalue weighted by Gasteiger charge is 2.30. The van der Waals surface area contributed by atoms with Gasteiger partial charge in [-0.3, -0.25) is 0 Å². The van der Waals surface area contributed by atoms with Crippen LogP contribution in [0, 0.1) is 5.92 Å². The first-order valence-corrected chi connectivity index (χ1v) is 6.69. The molecule has 1 heterocycles. The van der Waals surface area contributed by atoms with Gasteiger partial charge in [-0.05, 0) is 38.5 Å². The molecule has 1 N–H and O–H groups in total. The zero-order valence-electron chi connectivity index (χ0n) is 10.2. The molecule has 2 nitrogen and oxygen atoms in total. The largest absolute Gasteiger partial charge is 0.377 e. The van der Waals surface area contributed by atoms with Gasteiger partial charge in [0.25, 0.3) is 0 Å². The van der Waals surface area contributed by atoms with Gasteiger partial charge < -0.3 is 10.1 Å². The second-order valence-corrected chi connectivity index (χ2v) is 5.21. The van der Waals surface area contributed by atoms with Crippen molar-refractivity contribution in [3.05, 3.63) is 0 Å². The fourth-order valence-corrected chi connectivity index (χ4v) is 3.19. The molecule has 4 atom stereocenters. The summed E-state index contributed by atoms with van der Waals surface area (Å²) < 4.78 is 5.73. The zero-order chi connectivity index (χ0) is 10.7. The summed E-state index contributed by atoms with van der Waals surface area (Å²) >= 11 is 0. The molecular weight excluding hydrogens is 186 g/mol. The maximum atomic E-state index is 5.73. The minimum atomic E-state index is 0.475. The lowest BCUT2D eigenvalue weighted by molar-refractivity contribution is 0.0775. The number of hydrogen-bond donors (Lipinski definition) is 1. The molecule has 0 aromatic rings. The molecule has 0 bridgehead atoms. The molecule has 4 unspecified atom stereocenters. The van der Waals surface area contributed by atoms with Crippen LogP contribution in [0.25, 0.3) is 0 Å². The summed E-state index contributed by atoms with van der Waals surface area (Å²) in [6.45, 7) is 5.58. The Morgan fingerprint density at radius 1 is 1.27 bits per heavy atom. The van der Waals surface area contributed by atoms with Crippen LogP contribution in [-0.4, -0.2) is 24.8 Å². The van der Waals surface area contributed by atoms with E-state index in [9.17, 15) is 0 Å². The second kappa shape index (κ2) is 5.31. The predicted octanol–water partition coefficient (Wildman–Crippen LogP) is 2.72. The van der Waals surface area contributed by atoms with E-state index >= 15 is 0 Å². The van der Waals surface area contributed by atoms with Crippen LogP contribution in [0.2, 0.25) is 0 Å². The Labute approximate surface area is 93.8 Å². The van der Waals surface area contributed by atoms with Gasteiger partial charge >= 0.3 is 0 Å². The van der Waals surface area contributed by atoms with E-state index in [0.717, 1.165) is 18.6 Å². The molecule has 88 valence electrons. The van der Waals surface area contributed by atoms with Crippen molar-refractivity contribution in [2.75, 3.05) is 6.61 Å². The molecule has 0 aromatic heterocycles. The van der Waals surface area contributed by atoms with Gasteiger partial charge in [0, 0.05) is 18.7 Å². The number of nitrogens with one attached hydrogen (secondary N) is 1. The Morgan fingerprint density at radius 2 is 2.13 bits per heavy atom. The van der Waals surface area contributed by atoms with Crippen molar-refractivity contribution in [2.24, 2.45) is 5.92 Å². The lowest BCUT2D eigenvalue weighted by atomic mass is 9.99. The molecule has 2 fully saturated rings. The van der Waals surface area contributed by atoms with E-state index in [2.05, 4.69) is 19.2 Å². The van der Waals surface area contributed by atoms with Crippen molar-refractivity contribution in [1.29, 1.82) is 0 Å². The summed E-state index contributed by atoms with van der Waals surface area (Å²) in [5, 5.41) is 3.80. The topological polar surface area (TPSA) is 21.3 Å². The van der Waals surface area contributed by atoms with Crippen molar-refractivity contribution in [3.8, 4) is 0 Å². The highest BCUT2D eigenvalue weighted by Crippen LogP contribution is 2.29. The lowest BCUT2D eigenvalue weighted by Crippen LogP contribution is -2.44. The molecule has 0 radical (unpaired) electrons. The SMILES string of the molecule is CCC1CCCC1NC(C)C1CCCO1. The van der Waals surface area contributed by atoms with E-state index in [1.165, 1.54) is 38.5 Å². The van der Waals surface area contributed by atoms with Crippen molar-refractivity contribution in [3.63, 3.8) is 0 Å². The first kappa shape index (κ1) is 11.4. The molecule has 1 aliphatic heterocycles. The number of rotatable bonds is 4. The van der Waals surface area contributed by atoms with Crippen LogP contribution in [0.5, 0.6) is 0 Å². The molecule has 2 aliphatic rings. The summed E-state index contributed by atoms with van der Waals surface area (Å²) in [5.74, 6) is 0.911. The Morgan fingerprint density at radius 3 is 2.80 bits per heavy atom. The van der Waals surface area contributed by atoms with Crippen LogP contribution in [0.3, 0.4) is 0 Å². The van der Waals surface area contributed by atoms with Crippen molar-refractivity contribution in [2.45, 2.75) is 70.6 Å². The second-order valence-electron chi connectivity index (χ2n) is 5.21. The van der Waals surface area contributed by atoms with E-state index in [1.807, 2.05) is 0 Å². The van der Waals surface area contributed by atoms with Crippen LogP contribution >= 0.6 is 0 Å². The lowest BCUT2D eigenvalue weighted by Gasteiger charge is -2.27. The maximum absolute atomic E-state index is 5.73. The molecule has 1 aliphatic carbocycles. The van der Waals surface area contributed by atoms with Crippen molar-refractivity contribution in [1.82, 2.24) is 5.32 Å². The zero-order valence-corrected chi connectivity index (χ0v) is 10.2. The van der Waals surface area contributed by atoms with Gasteiger partial charge in [0.2, 0.25) is 0 Å². The van der Waals surface area contributed by atoms with Gasteiger partial charge in [-0.1, -0.05) is 19.8 Å². The Bertz CT molecular complexity index is 189. The average molecular weight is 211 g/mol. The fraction of sp³-hybridized carbons (Fsp3) is 1.00. The number of ether oxygens (including phenoxy) is 1. The van der Waals surface area contributed by atoms with Gasteiger partial charge in [-0.2, -0.15) is 0 Å². The third-order valence-electron chi connectivity index (χ3n) is 4.18. The van der Waals surface area contributed by atoms with Gasteiger partial charge in [0.1, 0.15) is 0 Å². The van der Waals surface area contributed by atoms with E-state index in [4.69, 9.17) is 4.74 Å². The van der Waals surface area contributed by atoms with Gasteiger partial charge in [0.15, 0.2) is 0 Å². The first-order chi connectivity index (χ1) is 7.31. The van der Waals surface area contributed by atoms with Gasteiger partial charge in [0.05, 0.1) is 6.10 Å². The standard InChI is InChI=1S/C13H25NO/c1-3-11-6-4-7-12(11)14-10(2)13-8-5-9-15-13/h10-14H,3-9H2,1-2H3. The minimum Gasteiger partial charge on any atom is -0.377 e. The summed E-state index contributed by atoms with van der Waals surface area (Å²) in [7, 11) is 0. The van der Waals surface area contributed by atoms with E-state index < -0.39 is 0 Å². The highest BCUT2D eigenvalue weighted by molar-refractivity contribution is 4.87. The Balaban J connectivity index is 1.79. The monoisotopic (exact) mass is 211 g/mol.